The first-order chi connectivity index (χ1) is 10.8. The molecule has 3 heterocycles. The number of fused-ring (bicyclic) bond motifs is 1. The topological polar surface area (TPSA) is 77.8 Å². The van der Waals surface area contributed by atoms with Crippen molar-refractivity contribution in [1.82, 2.24) is 19.7 Å². The molecular weight excluding hydrogens is 284 g/mol. The molecule has 0 saturated carbocycles. The second-order valence-corrected chi connectivity index (χ2v) is 5.34. The van der Waals surface area contributed by atoms with Gasteiger partial charge in [-0.1, -0.05) is 0 Å². The van der Waals surface area contributed by atoms with Crippen LogP contribution in [-0.4, -0.2) is 46.2 Å². The Hall–Kier alpha value is -1.99. The number of rotatable bonds is 6. The summed E-state index contributed by atoms with van der Waals surface area (Å²) in [5, 5.41) is 2.79. The molecule has 1 atom stereocenters. The van der Waals surface area contributed by atoms with Crippen LogP contribution in [0.1, 0.15) is 25.0 Å². The van der Waals surface area contributed by atoms with Crippen molar-refractivity contribution < 1.29 is 14.3 Å². The van der Waals surface area contributed by atoms with Crippen molar-refractivity contribution >= 4 is 11.7 Å². The molecule has 1 aliphatic heterocycles. The molecule has 2 aromatic rings. The van der Waals surface area contributed by atoms with Crippen molar-refractivity contribution in [2.24, 2.45) is 0 Å². The second kappa shape index (κ2) is 7.33. The Morgan fingerprint density at radius 3 is 3.27 bits per heavy atom. The molecule has 0 unspecified atom stereocenters. The fourth-order valence-electron chi connectivity index (χ4n) is 2.43. The van der Waals surface area contributed by atoms with E-state index in [0.29, 0.717) is 18.9 Å². The SMILES string of the molecule is O=C(COC[C@@H]1CCCCO1)NCc1cn2cccnc2n1. The summed E-state index contributed by atoms with van der Waals surface area (Å²) in [6, 6.07) is 1.83. The Morgan fingerprint density at radius 1 is 1.50 bits per heavy atom. The normalized spacial score (nSPS) is 18.5. The number of carbonyl (C=O) groups excluding carboxylic acids is 1. The number of amides is 1. The third kappa shape index (κ3) is 4.02. The zero-order valence-corrected chi connectivity index (χ0v) is 12.4. The quantitative estimate of drug-likeness (QED) is 0.859. The van der Waals surface area contributed by atoms with E-state index in [2.05, 4.69) is 15.3 Å². The molecule has 1 aliphatic rings. The Balaban J connectivity index is 1.38. The lowest BCUT2D eigenvalue weighted by molar-refractivity contribution is -0.128. The minimum absolute atomic E-state index is 0.0471. The average Bonchev–Trinajstić information content (AvgIpc) is 2.97. The first-order valence-corrected chi connectivity index (χ1v) is 7.56. The van der Waals surface area contributed by atoms with Gasteiger partial charge in [-0.15, -0.1) is 0 Å². The van der Waals surface area contributed by atoms with Crippen molar-refractivity contribution in [2.75, 3.05) is 19.8 Å². The van der Waals surface area contributed by atoms with Crippen LogP contribution < -0.4 is 5.32 Å². The Morgan fingerprint density at radius 2 is 2.45 bits per heavy atom. The van der Waals surface area contributed by atoms with E-state index < -0.39 is 0 Å². The minimum atomic E-state index is -0.152. The fraction of sp³-hybridized carbons (Fsp3) is 0.533. The highest BCUT2D eigenvalue weighted by Gasteiger charge is 2.14. The Kier molecular flexibility index (Phi) is 4.97. The third-order valence-corrected chi connectivity index (χ3v) is 3.56. The molecule has 1 N–H and O–H groups in total. The molecular formula is C15H20N4O3. The predicted octanol–water partition coefficient (Wildman–Crippen LogP) is 0.931. The van der Waals surface area contributed by atoms with Gasteiger partial charge in [0.15, 0.2) is 0 Å². The number of hydrogen-bond acceptors (Lipinski definition) is 5. The van der Waals surface area contributed by atoms with Crippen LogP contribution in [0.2, 0.25) is 0 Å². The Labute approximate surface area is 128 Å². The highest BCUT2D eigenvalue weighted by molar-refractivity contribution is 5.77. The van der Waals surface area contributed by atoms with Crippen LogP contribution >= 0.6 is 0 Å². The lowest BCUT2D eigenvalue weighted by Gasteiger charge is -2.22. The predicted molar refractivity (Wildman–Crippen MR) is 79.2 cm³/mol. The van der Waals surface area contributed by atoms with Gasteiger partial charge in [0.25, 0.3) is 0 Å². The molecule has 1 fully saturated rings. The average molecular weight is 304 g/mol. The summed E-state index contributed by atoms with van der Waals surface area (Å²) >= 11 is 0. The van der Waals surface area contributed by atoms with E-state index in [4.69, 9.17) is 9.47 Å². The smallest absolute Gasteiger partial charge is 0.246 e. The molecule has 1 amide bonds. The zero-order valence-electron chi connectivity index (χ0n) is 12.4. The monoisotopic (exact) mass is 304 g/mol. The number of nitrogens with one attached hydrogen (secondary N) is 1. The van der Waals surface area contributed by atoms with Gasteiger partial charge in [-0.2, -0.15) is 0 Å². The van der Waals surface area contributed by atoms with E-state index in [0.717, 1.165) is 25.1 Å². The molecule has 0 aromatic carbocycles. The highest BCUT2D eigenvalue weighted by Crippen LogP contribution is 2.12. The fourth-order valence-corrected chi connectivity index (χ4v) is 2.43. The van der Waals surface area contributed by atoms with Crippen LogP contribution in [0.15, 0.2) is 24.7 Å². The van der Waals surface area contributed by atoms with Crippen molar-refractivity contribution in [1.29, 1.82) is 0 Å². The Bertz CT molecular complexity index is 589. The van der Waals surface area contributed by atoms with Gasteiger partial charge in [0, 0.05) is 25.2 Å². The van der Waals surface area contributed by atoms with Crippen LogP contribution in [0.5, 0.6) is 0 Å². The van der Waals surface area contributed by atoms with Crippen molar-refractivity contribution in [3.8, 4) is 0 Å². The summed E-state index contributed by atoms with van der Waals surface area (Å²) in [5.41, 5.74) is 0.766. The third-order valence-electron chi connectivity index (χ3n) is 3.56. The van der Waals surface area contributed by atoms with Crippen molar-refractivity contribution in [3.63, 3.8) is 0 Å². The highest BCUT2D eigenvalue weighted by atomic mass is 16.5. The van der Waals surface area contributed by atoms with Gasteiger partial charge < -0.3 is 14.8 Å². The summed E-state index contributed by atoms with van der Waals surface area (Å²) in [6.45, 7) is 1.69. The van der Waals surface area contributed by atoms with Crippen molar-refractivity contribution in [2.45, 2.75) is 31.9 Å². The van der Waals surface area contributed by atoms with E-state index in [1.807, 2.05) is 22.9 Å². The molecule has 1 saturated heterocycles. The molecule has 0 aliphatic carbocycles. The summed E-state index contributed by atoms with van der Waals surface area (Å²) in [6.07, 6.45) is 8.83. The maximum atomic E-state index is 11.7. The van der Waals surface area contributed by atoms with Gasteiger partial charge in [-0.3, -0.25) is 9.20 Å². The molecule has 22 heavy (non-hydrogen) atoms. The number of nitrogens with zero attached hydrogens (tertiary/aromatic N) is 3. The van der Waals surface area contributed by atoms with Gasteiger partial charge in [0.2, 0.25) is 11.7 Å². The van der Waals surface area contributed by atoms with Gasteiger partial charge in [0.05, 0.1) is 24.9 Å². The number of aromatic nitrogens is 3. The van der Waals surface area contributed by atoms with Crippen LogP contribution in [0.3, 0.4) is 0 Å². The van der Waals surface area contributed by atoms with E-state index in [-0.39, 0.29) is 18.6 Å². The van der Waals surface area contributed by atoms with Gasteiger partial charge in [-0.05, 0) is 25.3 Å². The van der Waals surface area contributed by atoms with Crippen LogP contribution in [-0.2, 0) is 20.8 Å². The van der Waals surface area contributed by atoms with E-state index in [1.54, 1.807) is 6.20 Å². The first-order valence-electron chi connectivity index (χ1n) is 7.56. The van der Waals surface area contributed by atoms with Gasteiger partial charge in [0.1, 0.15) is 6.61 Å². The standard InChI is InChI=1S/C15H20N4O3/c20-14(11-21-10-13-4-1-2-7-22-13)17-8-12-9-19-6-3-5-16-15(19)18-12/h3,5-6,9,13H,1-2,4,7-8,10-11H2,(H,17,20)/t13-/m0/s1. The molecule has 118 valence electrons. The zero-order chi connectivity index (χ0) is 15.2. The molecule has 0 bridgehead atoms. The number of hydrogen-bond donors (Lipinski definition) is 1. The number of carbonyl (C=O) groups is 1. The maximum Gasteiger partial charge on any atom is 0.246 e. The molecule has 7 nitrogen and oxygen atoms in total. The maximum absolute atomic E-state index is 11.7. The molecule has 0 spiro atoms. The lowest BCUT2D eigenvalue weighted by Crippen LogP contribution is -2.30. The molecule has 7 heteroatoms. The summed E-state index contributed by atoms with van der Waals surface area (Å²) in [7, 11) is 0. The largest absolute Gasteiger partial charge is 0.376 e. The molecule has 3 rings (SSSR count). The summed E-state index contributed by atoms with van der Waals surface area (Å²) < 4.78 is 12.8. The van der Waals surface area contributed by atoms with Gasteiger partial charge >= 0.3 is 0 Å². The van der Waals surface area contributed by atoms with E-state index in [9.17, 15) is 4.79 Å². The minimum Gasteiger partial charge on any atom is -0.376 e. The summed E-state index contributed by atoms with van der Waals surface area (Å²) in [4.78, 5) is 20.2. The second-order valence-electron chi connectivity index (χ2n) is 5.34. The van der Waals surface area contributed by atoms with Crippen LogP contribution in [0.4, 0.5) is 0 Å². The first kappa shape index (κ1) is 14.9. The van der Waals surface area contributed by atoms with E-state index in [1.165, 1.54) is 6.42 Å². The van der Waals surface area contributed by atoms with E-state index >= 15 is 0 Å². The molecule has 0 radical (unpaired) electrons. The van der Waals surface area contributed by atoms with Crippen molar-refractivity contribution in [3.05, 3.63) is 30.4 Å². The van der Waals surface area contributed by atoms with Crippen LogP contribution in [0, 0.1) is 0 Å². The molecule has 2 aromatic heterocycles. The number of imidazole rings is 1. The summed E-state index contributed by atoms with van der Waals surface area (Å²) in [5.74, 6) is 0.471. The number of ether oxygens (including phenoxy) is 2. The van der Waals surface area contributed by atoms with Crippen LogP contribution in [0.25, 0.3) is 5.78 Å². The van der Waals surface area contributed by atoms with Gasteiger partial charge in [-0.25, -0.2) is 9.97 Å². The lowest BCUT2D eigenvalue weighted by atomic mass is 10.1.